The topological polar surface area (TPSA) is 56.8 Å². The molecular weight excluding hydrogens is 361 g/mol. The zero-order valence-corrected chi connectivity index (χ0v) is 15.8. The van der Waals surface area contributed by atoms with Gasteiger partial charge in [-0.25, -0.2) is 4.39 Å². The molecule has 0 aromatic heterocycles. The molecule has 5 nitrogen and oxygen atoms in total. The van der Waals surface area contributed by atoms with Crippen LogP contribution in [0.2, 0.25) is 0 Å². The average Bonchev–Trinajstić information content (AvgIpc) is 3.54. The third-order valence-corrected chi connectivity index (χ3v) is 5.20. The van der Waals surface area contributed by atoms with Gasteiger partial charge in [0.1, 0.15) is 24.3 Å². The smallest absolute Gasteiger partial charge is 0.254 e. The van der Waals surface area contributed by atoms with E-state index in [1.807, 2.05) is 24.3 Å². The van der Waals surface area contributed by atoms with Crippen LogP contribution in [0.3, 0.4) is 0 Å². The Morgan fingerprint density at radius 1 is 1.21 bits per heavy atom. The summed E-state index contributed by atoms with van der Waals surface area (Å²) < 4.78 is 30.7. The van der Waals surface area contributed by atoms with E-state index >= 15 is 0 Å². The van der Waals surface area contributed by atoms with Crippen LogP contribution in [0.1, 0.15) is 36.2 Å². The molecule has 2 aromatic rings. The molecule has 1 fully saturated rings. The Bertz CT molecular complexity index is 822. The van der Waals surface area contributed by atoms with E-state index in [-0.39, 0.29) is 23.9 Å². The van der Waals surface area contributed by atoms with Crippen LogP contribution in [0.5, 0.6) is 5.75 Å². The fraction of sp³-hybridized carbons (Fsp3) is 0.409. The van der Waals surface area contributed by atoms with E-state index < -0.39 is 6.10 Å². The molecule has 148 valence electrons. The fourth-order valence-electron chi connectivity index (χ4n) is 3.48. The predicted octanol–water partition coefficient (Wildman–Crippen LogP) is 3.56. The number of rotatable bonds is 7. The SMILES string of the molecule is COC1c2ccccc2OCC1NC(=O)C(OCC1CC1)c1ccc(F)cc1. The second-order valence-corrected chi connectivity index (χ2v) is 7.33. The number of carbonyl (C=O) groups excluding carboxylic acids is 1. The minimum absolute atomic E-state index is 0.276. The standard InChI is InChI=1S/C22H24FNO4/c1-26-21-17-4-2-3-5-19(17)27-13-18(21)24-22(25)20(28-12-14-6-7-14)15-8-10-16(23)11-9-15/h2-5,8-11,14,18,20-21H,6-7,12-13H2,1H3,(H,24,25). The first-order valence-electron chi connectivity index (χ1n) is 9.57. The number of fused-ring (bicyclic) bond motifs is 1. The van der Waals surface area contributed by atoms with Gasteiger partial charge in [0.25, 0.3) is 5.91 Å². The monoisotopic (exact) mass is 385 g/mol. The van der Waals surface area contributed by atoms with Crippen molar-refractivity contribution in [2.45, 2.75) is 31.1 Å². The number of amides is 1. The quantitative estimate of drug-likeness (QED) is 0.792. The van der Waals surface area contributed by atoms with Crippen molar-refractivity contribution in [1.29, 1.82) is 0 Å². The van der Waals surface area contributed by atoms with Gasteiger partial charge >= 0.3 is 0 Å². The molecular formula is C22H24FNO4. The molecule has 0 bridgehead atoms. The van der Waals surface area contributed by atoms with Crippen molar-refractivity contribution in [2.24, 2.45) is 5.92 Å². The van der Waals surface area contributed by atoms with Crippen molar-refractivity contribution < 1.29 is 23.4 Å². The first kappa shape index (κ1) is 18.9. The first-order valence-corrected chi connectivity index (χ1v) is 9.57. The molecule has 1 aliphatic heterocycles. The van der Waals surface area contributed by atoms with Gasteiger partial charge in [0, 0.05) is 12.7 Å². The Hall–Kier alpha value is -2.44. The maximum absolute atomic E-state index is 13.3. The molecule has 1 heterocycles. The number of methoxy groups -OCH3 is 1. The molecule has 28 heavy (non-hydrogen) atoms. The lowest BCUT2D eigenvalue weighted by atomic mass is 9.98. The summed E-state index contributed by atoms with van der Waals surface area (Å²) in [5.41, 5.74) is 1.53. The maximum Gasteiger partial charge on any atom is 0.254 e. The third-order valence-electron chi connectivity index (χ3n) is 5.20. The minimum Gasteiger partial charge on any atom is -0.491 e. The largest absolute Gasteiger partial charge is 0.491 e. The fourth-order valence-corrected chi connectivity index (χ4v) is 3.48. The number of hydrogen-bond donors (Lipinski definition) is 1. The van der Waals surface area contributed by atoms with Gasteiger partial charge in [-0.05, 0) is 42.5 Å². The van der Waals surface area contributed by atoms with Gasteiger partial charge in [0.2, 0.25) is 0 Å². The Balaban J connectivity index is 1.50. The summed E-state index contributed by atoms with van der Waals surface area (Å²) in [6.07, 6.45) is 1.13. The summed E-state index contributed by atoms with van der Waals surface area (Å²) in [6.45, 7) is 0.827. The number of nitrogens with one attached hydrogen (secondary N) is 1. The number of benzene rings is 2. The Morgan fingerprint density at radius 3 is 2.68 bits per heavy atom. The van der Waals surface area contributed by atoms with Crippen LogP contribution >= 0.6 is 0 Å². The zero-order chi connectivity index (χ0) is 19.5. The van der Waals surface area contributed by atoms with Gasteiger partial charge < -0.3 is 19.5 Å². The van der Waals surface area contributed by atoms with Gasteiger partial charge in [-0.3, -0.25) is 4.79 Å². The normalized spacial score (nSPS) is 22.1. The molecule has 0 saturated heterocycles. The van der Waals surface area contributed by atoms with Crippen molar-refractivity contribution in [3.05, 3.63) is 65.5 Å². The summed E-state index contributed by atoms with van der Waals surface area (Å²) in [6, 6.07) is 13.2. The number of halogens is 1. The van der Waals surface area contributed by atoms with Crippen LogP contribution in [0, 0.1) is 11.7 Å². The van der Waals surface area contributed by atoms with Crippen molar-refractivity contribution >= 4 is 5.91 Å². The number of hydrogen-bond acceptors (Lipinski definition) is 4. The number of para-hydroxylation sites is 1. The summed E-state index contributed by atoms with van der Waals surface area (Å²) in [4.78, 5) is 13.1. The van der Waals surface area contributed by atoms with Gasteiger partial charge in [-0.2, -0.15) is 0 Å². The molecule has 1 amide bonds. The van der Waals surface area contributed by atoms with Crippen LogP contribution in [0.15, 0.2) is 48.5 Å². The molecule has 4 rings (SSSR count). The summed E-state index contributed by atoms with van der Waals surface area (Å²) in [5.74, 6) is 0.649. The predicted molar refractivity (Wildman–Crippen MR) is 101 cm³/mol. The first-order chi connectivity index (χ1) is 13.7. The van der Waals surface area contributed by atoms with Crippen LogP contribution in [0.25, 0.3) is 0 Å². The second kappa shape index (κ2) is 8.29. The second-order valence-electron chi connectivity index (χ2n) is 7.33. The molecule has 0 radical (unpaired) electrons. The van der Waals surface area contributed by atoms with E-state index in [0.29, 0.717) is 24.7 Å². The molecule has 2 aromatic carbocycles. The number of carbonyl (C=O) groups is 1. The summed E-state index contributed by atoms with van der Waals surface area (Å²) in [7, 11) is 1.62. The van der Waals surface area contributed by atoms with E-state index in [4.69, 9.17) is 14.2 Å². The van der Waals surface area contributed by atoms with Crippen LogP contribution in [-0.4, -0.2) is 32.3 Å². The average molecular weight is 385 g/mol. The lowest BCUT2D eigenvalue weighted by molar-refractivity contribution is -0.136. The molecule has 1 aliphatic carbocycles. The molecule has 3 unspecified atom stereocenters. The van der Waals surface area contributed by atoms with Crippen molar-refractivity contribution in [1.82, 2.24) is 5.32 Å². The van der Waals surface area contributed by atoms with Gasteiger partial charge in [0.05, 0.1) is 12.6 Å². The van der Waals surface area contributed by atoms with E-state index in [9.17, 15) is 9.18 Å². The van der Waals surface area contributed by atoms with Gasteiger partial charge in [0.15, 0.2) is 6.10 Å². The van der Waals surface area contributed by atoms with E-state index in [2.05, 4.69) is 5.32 Å². The molecule has 6 heteroatoms. The van der Waals surface area contributed by atoms with E-state index in [0.717, 1.165) is 24.2 Å². The highest BCUT2D eigenvalue weighted by Gasteiger charge is 2.35. The molecule has 1 N–H and O–H groups in total. The van der Waals surface area contributed by atoms with Crippen LogP contribution in [0.4, 0.5) is 4.39 Å². The summed E-state index contributed by atoms with van der Waals surface area (Å²) >= 11 is 0. The highest BCUT2D eigenvalue weighted by atomic mass is 19.1. The summed E-state index contributed by atoms with van der Waals surface area (Å²) in [5, 5.41) is 3.01. The van der Waals surface area contributed by atoms with Gasteiger partial charge in [-0.1, -0.05) is 30.3 Å². The van der Waals surface area contributed by atoms with Crippen molar-refractivity contribution in [3.63, 3.8) is 0 Å². The van der Waals surface area contributed by atoms with Gasteiger partial charge in [-0.15, -0.1) is 0 Å². The molecule has 1 saturated carbocycles. The molecule has 3 atom stereocenters. The van der Waals surface area contributed by atoms with E-state index in [1.165, 1.54) is 12.1 Å². The van der Waals surface area contributed by atoms with Crippen LogP contribution in [-0.2, 0) is 14.3 Å². The Morgan fingerprint density at radius 2 is 1.96 bits per heavy atom. The van der Waals surface area contributed by atoms with Crippen molar-refractivity contribution in [3.8, 4) is 5.75 Å². The maximum atomic E-state index is 13.3. The van der Waals surface area contributed by atoms with Crippen LogP contribution < -0.4 is 10.1 Å². The third kappa shape index (κ3) is 4.18. The zero-order valence-electron chi connectivity index (χ0n) is 15.8. The highest BCUT2D eigenvalue weighted by molar-refractivity contribution is 5.82. The Kier molecular flexibility index (Phi) is 5.59. The Labute approximate surface area is 163 Å². The molecule has 0 spiro atoms. The lowest BCUT2D eigenvalue weighted by Crippen LogP contribution is -2.48. The van der Waals surface area contributed by atoms with E-state index in [1.54, 1.807) is 19.2 Å². The number of ether oxygens (including phenoxy) is 3. The molecule has 2 aliphatic rings. The lowest BCUT2D eigenvalue weighted by Gasteiger charge is -2.34. The minimum atomic E-state index is -0.795. The van der Waals surface area contributed by atoms with Crippen molar-refractivity contribution in [2.75, 3.05) is 20.3 Å². The highest BCUT2D eigenvalue weighted by Crippen LogP contribution is 2.35.